The van der Waals surface area contributed by atoms with Gasteiger partial charge in [0.25, 0.3) is 0 Å². The first-order valence-corrected chi connectivity index (χ1v) is 6.97. The molecule has 1 aromatic carbocycles. The molecule has 0 aliphatic heterocycles. The molecular weight excluding hydrogens is 232 g/mol. The maximum absolute atomic E-state index is 4.21. The molecule has 2 nitrogen and oxygen atoms in total. The van der Waals surface area contributed by atoms with E-state index in [1.54, 1.807) is 0 Å². The molecule has 0 amide bonds. The predicted octanol–water partition coefficient (Wildman–Crippen LogP) is 3.91. The van der Waals surface area contributed by atoms with Crippen LogP contribution in [0, 0.1) is 6.92 Å². The molecule has 1 unspecified atom stereocenters. The minimum Gasteiger partial charge on any atom is -0.282 e. The molecule has 0 fully saturated rings. The predicted molar refractivity (Wildman–Crippen MR) is 78.4 cm³/mol. The summed E-state index contributed by atoms with van der Waals surface area (Å²) >= 11 is 0. The first kappa shape index (κ1) is 12.2. The van der Waals surface area contributed by atoms with Gasteiger partial charge in [0.15, 0.2) is 0 Å². The van der Waals surface area contributed by atoms with Crippen molar-refractivity contribution in [3.05, 3.63) is 64.5 Å². The van der Waals surface area contributed by atoms with Gasteiger partial charge in [-0.1, -0.05) is 37.3 Å². The maximum atomic E-state index is 4.21. The summed E-state index contributed by atoms with van der Waals surface area (Å²) in [4.78, 5) is 0. The Bertz CT molecular complexity index is 622. The standard InChI is InChI=1S/C17H20N2/c1-4-13-9-14(6-5-12(13)3)15-7-11(2)8-17-16(15)10-18-19-17/h5-6,9-10,15H,2,4,7-8H2,1,3H3,(H,18,19). The lowest BCUT2D eigenvalue weighted by Gasteiger charge is -2.24. The van der Waals surface area contributed by atoms with E-state index in [-0.39, 0.29) is 0 Å². The number of aromatic nitrogens is 2. The van der Waals surface area contributed by atoms with E-state index in [1.807, 2.05) is 6.20 Å². The third kappa shape index (κ3) is 2.12. The average molecular weight is 252 g/mol. The molecule has 2 heteroatoms. The van der Waals surface area contributed by atoms with Gasteiger partial charge in [0.2, 0.25) is 0 Å². The first-order chi connectivity index (χ1) is 9.19. The number of rotatable bonds is 2. The minimum absolute atomic E-state index is 0.417. The second kappa shape index (κ2) is 4.69. The monoisotopic (exact) mass is 252 g/mol. The number of nitrogens with zero attached hydrogens (tertiary/aromatic N) is 1. The number of aromatic amines is 1. The van der Waals surface area contributed by atoms with Crippen molar-refractivity contribution < 1.29 is 0 Å². The molecule has 0 spiro atoms. The van der Waals surface area contributed by atoms with Crippen LogP contribution in [-0.2, 0) is 12.8 Å². The molecule has 2 aromatic rings. The van der Waals surface area contributed by atoms with E-state index < -0.39 is 0 Å². The van der Waals surface area contributed by atoms with E-state index in [9.17, 15) is 0 Å². The van der Waals surface area contributed by atoms with Crippen LogP contribution in [-0.4, -0.2) is 10.2 Å². The molecule has 1 aliphatic rings. The van der Waals surface area contributed by atoms with Gasteiger partial charge in [-0.25, -0.2) is 0 Å². The van der Waals surface area contributed by atoms with Crippen LogP contribution in [0.2, 0.25) is 0 Å². The molecule has 0 radical (unpaired) electrons. The van der Waals surface area contributed by atoms with Gasteiger partial charge in [0.05, 0.1) is 6.20 Å². The van der Waals surface area contributed by atoms with Gasteiger partial charge in [0, 0.05) is 23.6 Å². The van der Waals surface area contributed by atoms with E-state index in [0.29, 0.717) is 5.92 Å². The molecule has 1 aromatic heterocycles. The van der Waals surface area contributed by atoms with E-state index in [0.717, 1.165) is 19.3 Å². The number of H-pyrrole nitrogens is 1. The zero-order chi connectivity index (χ0) is 13.4. The van der Waals surface area contributed by atoms with Crippen LogP contribution in [0.25, 0.3) is 0 Å². The van der Waals surface area contributed by atoms with Crippen LogP contribution in [0.5, 0.6) is 0 Å². The molecule has 1 aliphatic carbocycles. The van der Waals surface area contributed by atoms with E-state index in [4.69, 9.17) is 0 Å². The Morgan fingerprint density at radius 2 is 2.26 bits per heavy atom. The van der Waals surface area contributed by atoms with Crippen molar-refractivity contribution in [3.63, 3.8) is 0 Å². The van der Waals surface area contributed by atoms with Crippen molar-refractivity contribution in [1.29, 1.82) is 0 Å². The van der Waals surface area contributed by atoms with Gasteiger partial charge in [-0.05, 0) is 36.5 Å². The van der Waals surface area contributed by atoms with Crippen molar-refractivity contribution in [3.8, 4) is 0 Å². The van der Waals surface area contributed by atoms with E-state index >= 15 is 0 Å². The summed E-state index contributed by atoms with van der Waals surface area (Å²) in [6, 6.07) is 6.86. The fourth-order valence-corrected chi connectivity index (χ4v) is 3.07. The van der Waals surface area contributed by atoms with Gasteiger partial charge in [-0.3, -0.25) is 5.10 Å². The van der Waals surface area contributed by atoms with Gasteiger partial charge < -0.3 is 0 Å². The van der Waals surface area contributed by atoms with Crippen LogP contribution in [0.15, 0.2) is 36.5 Å². The molecule has 1 N–H and O–H groups in total. The van der Waals surface area contributed by atoms with Crippen molar-refractivity contribution in [2.24, 2.45) is 0 Å². The molecule has 1 atom stereocenters. The Labute approximate surface area is 114 Å². The Hall–Kier alpha value is -1.83. The maximum Gasteiger partial charge on any atom is 0.0528 e. The number of allylic oxidation sites excluding steroid dienone is 1. The molecule has 0 saturated carbocycles. The first-order valence-electron chi connectivity index (χ1n) is 6.97. The Morgan fingerprint density at radius 1 is 1.42 bits per heavy atom. The summed E-state index contributed by atoms with van der Waals surface area (Å²) in [6.45, 7) is 8.58. The summed E-state index contributed by atoms with van der Waals surface area (Å²) in [5, 5.41) is 7.32. The number of fused-ring (bicyclic) bond motifs is 1. The third-order valence-corrected chi connectivity index (χ3v) is 4.20. The highest BCUT2D eigenvalue weighted by Gasteiger charge is 2.25. The van der Waals surface area contributed by atoms with Crippen LogP contribution in [0.1, 0.15) is 47.2 Å². The summed E-state index contributed by atoms with van der Waals surface area (Å²) in [7, 11) is 0. The molecule has 98 valence electrons. The number of hydrogen-bond acceptors (Lipinski definition) is 1. The molecule has 3 rings (SSSR count). The topological polar surface area (TPSA) is 28.7 Å². The normalized spacial score (nSPS) is 18.4. The Kier molecular flexibility index (Phi) is 3.02. The second-order valence-corrected chi connectivity index (χ2v) is 5.53. The molecule has 0 bridgehead atoms. The quantitative estimate of drug-likeness (QED) is 0.806. The van der Waals surface area contributed by atoms with Crippen molar-refractivity contribution in [2.75, 3.05) is 0 Å². The minimum atomic E-state index is 0.417. The summed E-state index contributed by atoms with van der Waals surface area (Å²) in [6.07, 6.45) is 5.06. The molecular formula is C17H20N2. The van der Waals surface area contributed by atoms with Crippen LogP contribution in [0.3, 0.4) is 0 Å². The van der Waals surface area contributed by atoms with Crippen molar-refractivity contribution >= 4 is 0 Å². The summed E-state index contributed by atoms with van der Waals surface area (Å²) in [5.74, 6) is 0.417. The van der Waals surface area contributed by atoms with Gasteiger partial charge in [-0.15, -0.1) is 0 Å². The van der Waals surface area contributed by atoms with Crippen LogP contribution in [0.4, 0.5) is 0 Å². The highest BCUT2D eigenvalue weighted by Crippen LogP contribution is 2.38. The fourth-order valence-electron chi connectivity index (χ4n) is 3.07. The number of benzene rings is 1. The van der Waals surface area contributed by atoms with Gasteiger partial charge in [-0.2, -0.15) is 5.10 Å². The highest BCUT2D eigenvalue weighted by atomic mass is 15.1. The smallest absolute Gasteiger partial charge is 0.0528 e. The average Bonchev–Trinajstić information content (AvgIpc) is 2.86. The number of nitrogens with one attached hydrogen (secondary N) is 1. The lowest BCUT2D eigenvalue weighted by molar-refractivity contribution is 0.725. The Morgan fingerprint density at radius 3 is 3.05 bits per heavy atom. The molecule has 19 heavy (non-hydrogen) atoms. The van der Waals surface area contributed by atoms with E-state index in [2.05, 4.69) is 48.8 Å². The fraction of sp³-hybridized carbons (Fsp3) is 0.353. The second-order valence-electron chi connectivity index (χ2n) is 5.53. The third-order valence-electron chi connectivity index (χ3n) is 4.20. The van der Waals surface area contributed by atoms with Gasteiger partial charge >= 0.3 is 0 Å². The van der Waals surface area contributed by atoms with Crippen molar-refractivity contribution in [1.82, 2.24) is 10.2 Å². The Balaban J connectivity index is 2.06. The lowest BCUT2D eigenvalue weighted by Crippen LogP contribution is -2.12. The summed E-state index contributed by atoms with van der Waals surface area (Å²) in [5.41, 5.74) is 8.09. The molecule has 0 saturated heterocycles. The zero-order valence-electron chi connectivity index (χ0n) is 11.7. The molecule has 1 heterocycles. The largest absolute Gasteiger partial charge is 0.282 e. The number of hydrogen-bond donors (Lipinski definition) is 1. The number of aryl methyl sites for hydroxylation is 2. The SMILES string of the molecule is C=C1Cc2[nH]ncc2C(c2ccc(C)c(CC)c2)C1. The van der Waals surface area contributed by atoms with E-state index in [1.165, 1.54) is 33.5 Å². The van der Waals surface area contributed by atoms with Crippen molar-refractivity contribution in [2.45, 2.75) is 39.0 Å². The zero-order valence-corrected chi connectivity index (χ0v) is 11.7. The van der Waals surface area contributed by atoms with Crippen LogP contribution < -0.4 is 0 Å². The summed E-state index contributed by atoms with van der Waals surface area (Å²) < 4.78 is 0. The lowest BCUT2D eigenvalue weighted by atomic mass is 9.79. The van der Waals surface area contributed by atoms with Gasteiger partial charge in [0.1, 0.15) is 0 Å². The van der Waals surface area contributed by atoms with Crippen LogP contribution >= 0.6 is 0 Å². The highest BCUT2D eigenvalue weighted by molar-refractivity contribution is 5.43.